The van der Waals surface area contributed by atoms with Crippen LogP contribution in [-0.2, 0) is 14.2 Å². The largest absolute Gasteiger partial charge is 0.444 e. The van der Waals surface area contributed by atoms with Crippen LogP contribution in [0.25, 0.3) is 11.2 Å². The number of amides is 1. The van der Waals surface area contributed by atoms with Crippen molar-refractivity contribution in [2.75, 3.05) is 42.6 Å². The Bertz CT molecular complexity index is 1640. The van der Waals surface area contributed by atoms with Gasteiger partial charge in [-0.2, -0.15) is 0 Å². The summed E-state index contributed by atoms with van der Waals surface area (Å²) >= 11 is 0. The first-order valence-corrected chi connectivity index (χ1v) is 17.0. The second kappa shape index (κ2) is 12.3. The smallest absolute Gasteiger partial charge is 0.407 e. The SMILES string of the molecule is C[C@@H]1OCC2(CCN(c3cnc4c(N5CC[C@H](C)c6nc(C=O)ccc65)nn(C5CCCCO5)c4n3)CC2)[C@@H]1NC(=O)OC(C)(C)C. The van der Waals surface area contributed by atoms with Crippen molar-refractivity contribution >= 4 is 40.9 Å². The minimum Gasteiger partial charge on any atom is -0.444 e. The summed E-state index contributed by atoms with van der Waals surface area (Å²) in [6.07, 6.45) is 7.43. The molecule has 0 radical (unpaired) electrons. The van der Waals surface area contributed by atoms with E-state index in [1.54, 1.807) is 6.07 Å². The zero-order valence-corrected chi connectivity index (χ0v) is 28.1. The molecule has 3 saturated heterocycles. The van der Waals surface area contributed by atoms with Crippen molar-refractivity contribution in [2.24, 2.45) is 5.41 Å². The highest BCUT2D eigenvalue weighted by Crippen LogP contribution is 2.44. The van der Waals surface area contributed by atoms with E-state index in [2.05, 4.69) is 27.0 Å². The van der Waals surface area contributed by atoms with Crippen LogP contribution < -0.4 is 15.1 Å². The van der Waals surface area contributed by atoms with E-state index in [9.17, 15) is 9.59 Å². The third-order valence-corrected chi connectivity index (χ3v) is 10.2. The second-order valence-corrected chi connectivity index (χ2v) is 14.6. The number of nitrogens with one attached hydrogen (secondary N) is 1. The predicted molar refractivity (Wildman–Crippen MR) is 176 cm³/mol. The number of anilines is 3. The average molecular weight is 647 g/mol. The molecule has 3 fully saturated rings. The Morgan fingerprint density at radius 2 is 1.89 bits per heavy atom. The minimum atomic E-state index is -0.567. The zero-order chi connectivity index (χ0) is 32.9. The standard InChI is InChI=1S/C34H46N8O5/c1-21-11-14-41(24-10-9-23(19-43)36-27(21)24)31-28-30(42(39-31)26-8-6-7-17-45-26)37-25(18-35-28)40-15-12-34(13-16-40)20-46-22(2)29(34)38-32(44)47-33(3,4)5/h9-10,18-19,21-22,26,29H,6-8,11-17,20H2,1-5H3,(H,38,44)/t21-,22-,26?,29+/m0/s1. The predicted octanol–water partition coefficient (Wildman–Crippen LogP) is 5.28. The third-order valence-electron chi connectivity index (χ3n) is 10.2. The molecule has 7 rings (SSSR count). The van der Waals surface area contributed by atoms with E-state index < -0.39 is 11.7 Å². The maximum Gasteiger partial charge on any atom is 0.407 e. The summed E-state index contributed by atoms with van der Waals surface area (Å²) in [5, 5.41) is 8.26. The van der Waals surface area contributed by atoms with Crippen molar-refractivity contribution in [1.82, 2.24) is 30.0 Å². The number of carbonyl (C=O) groups excluding carboxylic acids is 2. The Kier molecular flexibility index (Phi) is 8.32. The van der Waals surface area contributed by atoms with Crippen LogP contribution in [-0.4, -0.2) is 87.7 Å². The molecule has 1 unspecified atom stereocenters. The van der Waals surface area contributed by atoms with Gasteiger partial charge in [-0.1, -0.05) is 6.92 Å². The van der Waals surface area contributed by atoms with Crippen molar-refractivity contribution < 1.29 is 23.8 Å². The normalized spacial score (nSPS) is 26.0. The molecule has 13 nitrogen and oxygen atoms in total. The number of ether oxygens (including phenoxy) is 3. The van der Waals surface area contributed by atoms with Crippen molar-refractivity contribution in [2.45, 2.75) is 103 Å². The molecule has 7 heterocycles. The summed E-state index contributed by atoms with van der Waals surface area (Å²) in [4.78, 5) is 43.5. The van der Waals surface area contributed by atoms with Gasteiger partial charge in [0, 0.05) is 37.6 Å². The molecular formula is C34H46N8O5. The Labute approximate surface area is 275 Å². The molecule has 1 amide bonds. The van der Waals surface area contributed by atoms with E-state index >= 15 is 0 Å². The quantitative estimate of drug-likeness (QED) is 0.363. The fourth-order valence-corrected chi connectivity index (χ4v) is 7.60. The summed E-state index contributed by atoms with van der Waals surface area (Å²) in [6, 6.07) is 3.59. The van der Waals surface area contributed by atoms with E-state index in [-0.39, 0.29) is 29.7 Å². The molecule has 0 saturated carbocycles. The molecule has 1 spiro atoms. The lowest BCUT2D eigenvalue weighted by atomic mass is 9.73. The summed E-state index contributed by atoms with van der Waals surface area (Å²) in [7, 11) is 0. The number of hydrogen-bond donors (Lipinski definition) is 1. The number of aldehydes is 1. The zero-order valence-electron chi connectivity index (χ0n) is 28.1. The van der Waals surface area contributed by atoms with Crippen LogP contribution in [0.3, 0.4) is 0 Å². The molecule has 1 N–H and O–H groups in total. The van der Waals surface area contributed by atoms with Crippen molar-refractivity contribution in [3.05, 3.63) is 29.7 Å². The first-order valence-electron chi connectivity index (χ1n) is 17.0. The van der Waals surface area contributed by atoms with Crippen LogP contribution in [0.2, 0.25) is 0 Å². The number of alkyl carbamates (subject to hydrolysis) is 1. The van der Waals surface area contributed by atoms with Crippen LogP contribution in [0.1, 0.15) is 101 Å². The highest BCUT2D eigenvalue weighted by Gasteiger charge is 2.50. The Hall–Kier alpha value is -3.84. The van der Waals surface area contributed by atoms with Gasteiger partial charge in [-0.3, -0.25) is 4.79 Å². The topological polar surface area (TPSA) is 137 Å². The summed E-state index contributed by atoms with van der Waals surface area (Å²) in [6.45, 7) is 13.3. The number of piperidine rings is 1. The maximum absolute atomic E-state index is 12.7. The molecule has 47 heavy (non-hydrogen) atoms. The molecule has 13 heteroatoms. The number of fused-ring (bicyclic) bond motifs is 2. The molecule has 252 valence electrons. The number of carbonyl (C=O) groups is 2. The van der Waals surface area contributed by atoms with Gasteiger partial charge in [-0.25, -0.2) is 24.4 Å². The Morgan fingerprint density at radius 3 is 2.62 bits per heavy atom. The number of hydrogen-bond acceptors (Lipinski definition) is 11. The van der Waals surface area contributed by atoms with Crippen molar-refractivity contribution in [1.29, 1.82) is 0 Å². The average Bonchev–Trinajstić information content (AvgIpc) is 3.58. The minimum absolute atomic E-state index is 0.100. The van der Waals surface area contributed by atoms with Crippen LogP contribution in [0.5, 0.6) is 0 Å². The van der Waals surface area contributed by atoms with Crippen molar-refractivity contribution in [3.63, 3.8) is 0 Å². The van der Waals surface area contributed by atoms with E-state index in [1.165, 1.54) is 0 Å². The monoisotopic (exact) mass is 646 g/mol. The van der Waals surface area contributed by atoms with Gasteiger partial charge < -0.3 is 29.3 Å². The molecule has 0 aromatic carbocycles. The lowest BCUT2D eigenvalue weighted by molar-refractivity contribution is -0.0368. The molecule has 3 aromatic heterocycles. The lowest BCUT2D eigenvalue weighted by Gasteiger charge is -2.42. The Morgan fingerprint density at radius 1 is 1.09 bits per heavy atom. The van der Waals surface area contributed by atoms with Gasteiger partial charge in [0.15, 0.2) is 29.5 Å². The molecular weight excluding hydrogens is 600 g/mol. The molecule has 4 atom stereocenters. The second-order valence-electron chi connectivity index (χ2n) is 14.6. The Balaban J connectivity index is 1.17. The van der Waals surface area contributed by atoms with E-state index in [0.29, 0.717) is 24.6 Å². The fraction of sp³-hybridized carbons (Fsp3) is 0.647. The van der Waals surface area contributed by atoms with Gasteiger partial charge in [-0.05, 0) is 78.4 Å². The van der Waals surface area contributed by atoms with Gasteiger partial charge in [0.2, 0.25) is 0 Å². The summed E-state index contributed by atoms with van der Waals surface area (Å²) in [5.74, 6) is 1.75. The van der Waals surface area contributed by atoms with Gasteiger partial charge in [-0.15, -0.1) is 5.10 Å². The number of pyridine rings is 1. The first-order chi connectivity index (χ1) is 22.5. The highest BCUT2D eigenvalue weighted by atomic mass is 16.6. The lowest BCUT2D eigenvalue weighted by Crippen LogP contribution is -2.55. The third kappa shape index (κ3) is 6.03. The summed E-state index contributed by atoms with van der Waals surface area (Å²) < 4.78 is 19.8. The van der Waals surface area contributed by atoms with Crippen molar-refractivity contribution in [3.8, 4) is 0 Å². The van der Waals surface area contributed by atoms with Gasteiger partial charge in [0.05, 0.1) is 36.3 Å². The van der Waals surface area contributed by atoms with E-state index in [0.717, 1.165) is 93.0 Å². The highest BCUT2D eigenvalue weighted by molar-refractivity contribution is 5.88. The van der Waals surface area contributed by atoms with Crippen LogP contribution >= 0.6 is 0 Å². The fourth-order valence-electron chi connectivity index (χ4n) is 7.60. The molecule has 0 bridgehead atoms. The summed E-state index contributed by atoms with van der Waals surface area (Å²) in [5.41, 5.74) is 2.95. The van der Waals surface area contributed by atoms with Gasteiger partial charge in [0.1, 0.15) is 17.1 Å². The van der Waals surface area contributed by atoms with E-state index in [1.807, 2.05) is 44.6 Å². The molecule has 4 aliphatic rings. The number of rotatable bonds is 5. The van der Waals surface area contributed by atoms with Crippen LogP contribution in [0.4, 0.5) is 22.1 Å². The number of aromatic nitrogens is 5. The molecule has 4 aliphatic heterocycles. The molecule has 3 aromatic rings. The molecule has 0 aliphatic carbocycles. The van der Waals surface area contributed by atoms with Gasteiger partial charge >= 0.3 is 6.09 Å². The first kappa shape index (κ1) is 31.7. The van der Waals surface area contributed by atoms with Gasteiger partial charge in [0.25, 0.3) is 0 Å². The van der Waals surface area contributed by atoms with E-state index in [4.69, 9.17) is 29.3 Å². The number of nitrogens with zero attached hydrogens (tertiary/aromatic N) is 7. The van der Waals surface area contributed by atoms with Crippen LogP contribution in [0.15, 0.2) is 18.3 Å². The maximum atomic E-state index is 12.7. The van der Waals surface area contributed by atoms with Crippen LogP contribution in [0, 0.1) is 5.41 Å².